The van der Waals surface area contributed by atoms with Crippen LogP contribution in [0.4, 0.5) is 4.79 Å². The Hall–Kier alpha value is -2.04. The number of ether oxygens (including phenoxy) is 3. The number of hydrogen-bond donors (Lipinski definition) is 2. The van der Waals surface area contributed by atoms with E-state index < -0.39 is 35.7 Å². The number of alkyl carbamates (subject to hydrolysis) is 1. The van der Waals surface area contributed by atoms with Crippen LogP contribution in [0.15, 0.2) is 18.2 Å². The second kappa shape index (κ2) is 9.77. The minimum absolute atomic E-state index is 0.514. The molecular weight excluding hydrogens is 467 g/mol. The summed E-state index contributed by atoms with van der Waals surface area (Å²) in [4.78, 5) is 36.5. The Morgan fingerprint density at radius 3 is 2.22 bits per heavy atom. The molecule has 0 spiro atoms. The molecule has 0 radical (unpaired) electrons. The monoisotopic (exact) mass is 492 g/mol. The van der Waals surface area contributed by atoms with E-state index in [0.29, 0.717) is 11.3 Å². The summed E-state index contributed by atoms with van der Waals surface area (Å²) in [7, 11) is 2.77. The maximum absolute atomic E-state index is 12.7. The van der Waals surface area contributed by atoms with Crippen molar-refractivity contribution in [1.29, 1.82) is 0 Å². The molecule has 2 amide bonds. The third kappa shape index (κ3) is 7.24. The second-order valence-corrected chi connectivity index (χ2v) is 7.89. The zero-order chi connectivity index (χ0) is 20.8. The molecule has 1 aromatic rings. The van der Waals surface area contributed by atoms with Crippen LogP contribution in [0.25, 0.3) is 0 Å². The first-order valence-corrected chi connectivity index (χ1v) is 9.27. The summed E-state index contributed by atoms with van der Waals surface area (Å²) in [6, 6.07) is 3.13. The normalized spacial score (nSPS) is 13.1. The van der Waals surface area contributed by atoms with Crippen molar-refractivity contribution in [2.24, 2.45) is 0 Å². The minimum Gasteiger partial charge on any atom is -0.496 e. The predicted octanol–water partition coefficient (Wildman–Crippen LogP) is 2.54. The largest absolute Gasteiger partial charge is 0.496 e. The SMILES string of the molecule is COC(=O)[C@H](C)NC(=O)[C@@H](NC(=O)OC(C)(C)C)c1ccc(OC)c(I)c1. The van der Waals surface area contributed by atoms with Gasteiger partial charge in [-0.1, -0.05) is 6.07 Å². The summed E-state index contributed by atoms with van der Waals surface area (Å²) >= 11 is 2.07. The standard InChI is InChI=1S/C18H25IN2O6/c1-10(16(23)26-6)20-15(22)14(21-17(24)27-18(2,3)4)11-7-8-13(25-5)12(19)9-11/h7-10,14H,1-6H3,(H,20,22)(H,21,24)/t10-,14-/m0/s1. The lowest BCUT2D eigenvalue weighted by atomic mass is 10.1. The number of hydrogen-bond acceptors (Lipinski definition) is 6. The number of methoxy groups -OCH3 is 2. The van der Waals surface area contributed by atoms with E-state index in [1.165, 1.54) is 14.0 Å². The molecule has 0 heterocycles. The highest BCUT2D eigenvalue weighted by atomic mass is 127. The van der Waals surface area contributed by atoms with Gasteiger partial charge in [-0.2, -0.15) is 0 Å². The van der Waals surface area contributed by atoms with E-state index in [-0.39, 0.29) is 0 Å². The lowest BCUT2D eigenvalue weighted by Crippen LogP contribution is -2.47. The van der Waals surface area contributed by atoms with Crippen LogP contribution in [-0.2, 0) is 19.1 Å². The van der Waals surface area contributed by atoms with Crippen LogP contribution in [0, 0.1) is 3.57 Å². The number of rotatable bonds is 6. The van der Waals surface area contributed by atoms with E-state index in [0.717, 1.165) is 3.57 Å². The molecule has 0 aliphatic rings. The molecule has 0 aromatic heterocycles. The Balaban J connectivity index is 3.12. The Morgan fingerprint density at radius 2 is 1.74 bits per heavy atom. The van der Waals surface area contributed by atoms with Gasteiger partial charge in [-0.05, 0) is 68.0 Å². The topological polar surface area (TPSA) is 103 Å². The number of amides is 2. The number of benzene rings is 1. The van der Waals surface area contributed by atoms with Crippen LogP contribution in [0.1, 0.15) is 39.3 Å². The van der Waals surface area contributed by atoms with Gasteiger partial charge in [-0.15, -0.1) is 0 Å². The Kier molecular flexibility index (Phi) is 8.32. The molecule has 0 aliphatic carbocycles. The molecule has 0 bridgehead atoms. The van der Waals surface area contributed by atoms with Gasteiger partial charge in [-0.3, -0.25) is 4.79 Å². The van der Waals surface area contributed by atoms with Gasteiger partial charge in [0.15, 0.2) is 0 Å². The van der Waals surface area contributed by atoms with Crippen LogP contribution in [0.3, 0.4) is 0 Å². The first-order chi connectivity index (χ1) is 12.5. The fourth-order valence-electron chi connectivity index (χ4n) is 2.12. The summed E-state index contributed by atoms with van der Waals surface area (Å²) in [5.74, 6) is -0.526. The highest BCUT2D eigenvalue weighted by Crippen LogP contribution is 2.25. The molecule has 0 aliphatic heterocycles. The molecule has 9 heteroatoms. The average molecular weight is 492 g/mol. The summed E-state index contributed by atoms with van der Waals surface area (Å²) in [6.07, 6.45) is -0.751. The van der Waals surface area contributed by atoms with Crippen LogP contribution in [-0.4, -0.2) is 43.8 Å². The van der Waals surface area contributed by atoms with Crippen molar-refractivity contribution in [3.05, 3.63) is 27.3 Å². The Bertz CT molecular complexity index is 702. The molecular formula is C18H25IN2O6. The van der Waals surface area contributed by atoms with E-state index in [9.17, 15) is 14.4 Å². The van der Waals surface area contributed by atoms with Crippen LogP contribution in [0.5, 0.6) is 5.75 Å². The zero-order valence-electron chi connectivity index (χ0n) is 16.2. The van der Waals surface area contributed by atoms with Crippen molar-refractivity contribution in [1.82, 2.24) is 10.6 Å². The molecule has 27 heavy (non-hydrogen) atoms. The van der Waals surface area contributed by atoms with E-state index in [1.807, 2.05) is 0 Å². The van der Waals surface area contributed by atoms with Gasteiger partial charge in [0, 0.05) is 0 Å². The second-order valence-electron chi connectivity index (χ2n) is 6.73. The highest BCUT2D eigenvalue weighted by Gasteiger charge is 2.28. The van der Waals surface area contributed by atoms with Crippen LogP contribution < -0.4 is 15.4 Å². The first kappa shape index (κ1) is 23.0. The molecule has 1 rings (SSSR count). The zero-order valence-corrected chi connectivity index (χ0v) is 18.4. The number of esters is 1. The molecule has 2 N–H and O–H groups in total. The van der Waals surface area contributed by atoms with E-state index in [4.69, 9.17) is 9.47 Å². The number of halogens is 1. The smallest absolute Gasteiger partial charge is 0.408 e. The fourth-order valence-corrected chi connectivity index (χ4v) is 2.88. The third-order valence-electron chi connectivity index (χ3n) is 3.35. The van der Waals surface area contributed by atoms with Crippen molar-refractivity contribution < 1.29 is 28.6 Å². The third-order valence-corrected chi connectivity index (χ3v) is 4.19. The van der Waals surface area contributed by atoms with Crippen molar-refractivity contribution >= 4 is 40.6 Å². The van der Waals surface area contributed by atoms with Crippen molar-refractivity contribution in [3.63, 3.8) is 0 Å². The Labute approximate surface area is 172 Å². The quantitative estimate of drug-likeness (QED) is 0.468. The number of carbonyl (C=O) groups excluding carboxylic acids is 3. The maximum Gasteiger partial charge on any atom is 0.408 e. The van der Waals surface area contributed by atoms with E-state index >= 15 is 0 Å². The van der Waals surface area contributed by atoms with Gasteiger partial charge in [0.1, 0.15) is 23.4 Å². The molecule has 8 nitrogen and oxygen atoms in total. The highest BCUT2D eigenvalue weighted by molar-refractivity contribution is 14.1. The predicted molar refractivity (Wildman–Crippen MR) is 107 cm³/mol. The van der Waals surface area contributed by atoms with E-state index in [1.54, 1.807) is 46.1 Å². The first-order valence-electron chi connectivity index (χ1n) is 8.19. The van der Waals surface area contributed by atoms with Gasteiger partial charge in [-0.25, -0.2) is 9.59 Å². The fraction of sp³-hybridized carbons (Fsp3) is 0.500. The Morgan fingerprint density at radius 1 is 1.11 bits per heavy atom. The van der Waals surface area contributed by atoms with Gasteiger partial charge in [0.05, 0.1) is 17.8 Å². The average Bonchev–Trinajstić information content (AvgIpc) is 2.57. The van der Waals surface area contributed by atoms with Gasteiger partial charge >= 0.3 is 12.1 Å². The minimum atomic E-state index is -1.06. The summed E-state index contributed by atoms with van der Waals surface area (Å²) in [5, 5.41) is 5.08. The van der Waals surface area contributed by atoms with Crippen molar-refractivity contribution in [3.8, 4) is 5.75 Å². The summed E-state index contributed by atoms with van der Waals surface area (Å²) in [5.41, 5.74) is -0.209. The van der Waals surface area contributed by atoms with Crippen molar-refractivity contribution in [2.45, 2.75) is 45.4 Å². The molecule has 0 saturated heterocycles. The maximum atomic E-state index is 12.7. The lowest BCUT2D eigenvalue weighted by Gasteiger charge is -2.24. The molecule has 0 unspecified atom stereocenters. The summed E-state index contributed by atoms with van der Waals surface area (Å²) < 4.78 is 15.8. The van der Waals surface area contributed by atoms with Crippen molar-refractivity contribution in [2.75, 3.05) is 14.2 Å². The van der Waals surface area contributed by atoms with Gasteiger partial charge < -0.3 is 24.8 Å². The molecule has 150 valence electrons. The molecule has 0 fully saturated rings. The molecule has 1 aromatic carbocycles. The molecule has 2 atom stereocenters. The number of carbonyl (C=O) groups is 3. The summed E-state index contributed by atoms with van der Waals surface area (Å²) in [6.45, 7) is 6.65. The van der Waals surface area contributed by atoms with E-state index in [2.05, 4.69) is 38.0 Å². The van der Waals surface area contributed by atoms with Gasteiger partial charge in [0.25, 0.3) is 0 Å². The number of nitrogens with one attached hydrogen (secondary N) is 2. The molecule has 0 saturated carbocycles. The van der Waals surface area contributed by atoms with Crippen LogP contribution >= 0.6 is 22.6 Å². The van der Waals surface area contributed by atoms with Crippen LogP contribution in [0.2, 0.25) is 0 Å². The lowest BCUT2D eigenvalue weighted by molar-refractivity contribution is -0.144. The van der Waals surface area contributed by atoms with Gasteiger partial charge in [0.2, 0.25) is 5.91 Å².